The summed E-state index contributed by atoms with van der Waals surface area (Å²) in [4.78, 5) is 28.6. The minimum atomic E-state index is -1.37. The number of aromatic carboxylic acids is 1. The molecule has 7 nitrogen and oxygen atoms in total. The first kappa shape index (κ1) is 18.9. The molecule has 0 amide bonds. The number of carboxylic acid groups (broad SMARTS) is 1. The van der Waals surface area contributed by atoms with Crippen LogP contribution in [0.15, 0.2) is 71.7 Å². The van der Waals surface area contributed by atoms with Gasteiger partial charge in [-0.3, -0.25) is 4.79 Å². The third-order valence-corrected chi connectivity index (χ3v) is 4.84. The van der Waals surface area contributed by atoms with Crippen LogP contribution in [0.5, 0.6) is 5.75 Å². The quantitative estimate of drug-likeness (QED) is 0.545. The first-order valence-corrected chi connectivity index (χ1v) is 9.03. The van der Waals surface area contributed by atoms with Crippen molar-refractivity contribution in [3.63, 3.8) is 0 Å². The number of hydrogen-bond donors (Lipinski definition) is 2. The van der Waals surface area contributed by atoms with Gasteiger partial charge in [0.1, 0.15) is 0 Å². The number of benzene rings is 2. The van der Waals surface area contributed by atoms with Crippen LogP contribution in [0.2, 0.25) is 0 Å². The maximum absolute atomic E-state index is 13.3. The number of nitriles is 1. The Kier molecular flexibility index (Phi) is 4.74. The highest BCUT2D eigenvalue weighted by Crippen LogP contribution is 2.30. The van der Waals surface area contributed by atoms with Crippen molar-refractivity contribution in [1.82, 2.24) is 9.55 Å². The van der Waals surface area contributed by atoms with Gasteiger partial charge in [0.25, 0.3) is 5.56 Å². The monoisotopic (exact) mass is 397 g/mol. The fraction of sp³-hybridized carbons (Fsp3) is 0.0435. The smallest absolute Gasteiger partial charge is 0.358 e. The van der Waals surface area contributed by atoms with E-state index in [0.717, 1.165) is 5.56 Å². The second kappa shape index (κ2) is 7.53. The van der Waals surface area contributed by atoms with Gasteiger partial charge in [-0.1, -0.05) is 42.5 Å². The molecule has 0 aliphatic rings. The lowest BCUT2D eigenvalue weighted by atomic mass is 10.0. The topological polar surface area (TPSA) is 116 Å². The Balaban J connectivity index is 2.02. The third-order valence-electron chi connectivity index (χ3n) is 4.84. The highest BCUT2D eigenvalue weighted by atomic mass is 16.4. The van der Waals surface area contributed by atoms with Crippen LogP contribution in [0.4, 0.5) is 0 Å². The van der Waals surface area contributed by atoms with Crippen molar-refractivity contribution < 1.29 is 15.0 Å². The summed E-state index contributed by atoms with van der Waals surface area (Å²) in [6, 6.07) is 19.3. The molecule has 0 saturated heterocycles. The molecule has 2 aromatic carbocycles. The number of carboxylic acids is 1. The molecule has 0 aliphatic carbocycles. The fourth-order valence-electron chi connectivity index (χ4n) is 3.33. The molecule has 0 unspecified atom stereocenters. The maximum Gasteiger partial charge on any atom is 0.358 e. The zero-order valence-electron chi connectivity index (χ0n) is 15.6. The number of carbonyl (C=O) groups is 1. The second-order valence-corrected chi connectivity index (χ2v) is 6.68. The highest BCUT2D eigenvalue weighted by Gasteiger charge is 2.19. The molecule has 2 N–H and O–H groups in total. The van der Waals surface area contributed by atoms with Gasteiger partial charge >= 0.3 is 5.97 Å². The summed E-state index contributed by atoms with van der Waals surface area (Å²) in [6.07, 6.45) is 1.28. The van der Waals surface area contributed by atoms with E-state index >= 15 is 0 Å². The van der Waals surface area contributed by atoms with E-state index in [0.29, 0.717) is 16.6 Å². The van der Waals surface area contributed by atoms with Gasteiger partial charge in [0.05, 0.1) is 29.9 Å². The lowest BCUT2D eigenvalue weighted by molar-refractivity contribution is 0.0687. The zero-order valence-corrected chi connectivity index (χ0v) is 15.6. The summed E-state index contributed by atoms with van der Waals surface area (Å²) in [5.74, 6) is -1.87. The molecule has 7 heteroatoms. The number of aromatic hydroxyl groups is 1. The number of hydrogen-bond acceptors (Lipinski definition) is 5. The second-order valence-electron chi connectivity index (χ2n) is 6.68. The third kappa shape index (κ3) is 3.27. The lowest BCUT2D eigenvalue weighted by Crippen LogP contribution is -2.23. The molecule has 0 bridgehead atoms. The molecule has 0 fully saturated rings. The van der Waals surface area contributed by atoms with Gasteiger partial charge in [-0.2, -0.15) is 5.26 Å². The Hall–Kier alpha value is -4.44. The largest absolute Gasteiger partial charge is 0.505 e. The van der Waals surface area contributed by atoms with Crippen molar-refractivity contribution in [2.45, 2.75) is 6.54 Å². The fourth-order valence-corrected chi connectivity index (χ4v) is 3.33. The number of nitrogens with zero attached hydrogens (tertiary/aromatic N) is 3. The first-order valence-electron chi connectivity index (χ1n) is 9.03. The molecule has 4 aromatic rings. The van der Waals surface area contributed by atoms with E-state index in [4.69, 9.17) is 5.26 Å². The van der Waals surface area contributed by atoms with Crippen molar-refractivity contribution in [1.29, 1.82) is 5.26 Å². The van der Waals surface area contributed by atoms with Crippen molar-refractivity contribution in [2.75, 3.05) is 0 Å². The van der Waals surface area contributed by atoms with Crippen LogP contribution >= 0.6 is 0 Å². The van der Waals surface area contributed by atoms with Crippen molar-refractivity contribution in [3.8, 4) is 22.9 Å². The molecule has 146 valence electrons. The lowest BCUT2D eigenvalue weighted by Gasteiger charge is -2.15. The van der Waals surface area contributed by atoms with Crippen LogP contribution in [0.25, 0.3) is 22.0 Å². The molecular weight excluding hydrogens is 382 g/mol. The Bertz CT molecular complexity index is 1370. The zero-order chi connectivity index (χ0) is 21.3. The molecule has 0 saturated carbocycles. The number of pyridine rings is 2. The molecule has 0 spiro atoms. The number of aromatic nitrogens is 2. The van der Waals surface area contributed by atoms with Gasteiger partial charge < -0.3 is 14.8 Å². The Morgan fingerprint density at radius 1 is 1.10 bits per heavy atom. The van der Waals surface area contributed by atoms with Gasteiger partial charge in [0.15, 0.2) is 11.4 Å². The molecule has 0 atom stereocenters. The van der Waals surface area contributed by atoms with Gasteiger partial charge in [-0.15, -0.1) is 0 Å². The molecule has 0 radical (unpaired) electrons. The summed E-state index contributed by atoms with van der Waals surface area (Å²) in [6.45, 7) is 0.216. The predicted molar refractivity (Wildman–Crippen MR) is 110 cm³/mol. The Labute approximate surface area is 170 Å². The summed E-state index contributed by atoms with van der Waals surface area (Å²) in [5.41, 5.74) is 1.66. The van der Waals surface area contributed by atoms with E-state index in [9.17, 15) is 19.8 Å². The van der Waals surface area contributed by atoms with Gasteiger partial charge in [-0.05, 0) is 29.3 Å². The van der Waals surface area contributed by atoms with E-state index < -0.39 is 17.4 Å². The van der Waals surface area contributed by atoms with Crippen molar-refractivity contribution >= 4 is 16.9 Å². The Morgan fingerprint density at radius 3 is 2.43 bits per heavy atom. The highest BCUT2D eigenvalue weighted by molar-refractivity contribution is 5.98. The first-order chi connectivity index (χ1) is 14.5. The van der Waals surface area contributed by atoms with E-state index in [2.05, 4.69) is 4.98 Å². The predicted octanol–water partition coefficient (Wildman–Crippen LogP) is 3.39. The molecule has 2 heterocycles. The Morgan fingerprint density at radius 2 is 1.80 bits per heavy atom. The SMILES string of the molecule is N#Cc1ccc(-c2cc3c(O)c(C(=O)O)ncc3n(Cc3ccccc3)c2=O)cc1. The van der Waals surface area contributed by atoms with Crippen molar-refractivity contribution in [3.05, 3.63) is 94.0 Å². The van der Waals surface area contributed by atoms with Gasteiger partial charge in [0.2, 0.25) is 0 Å². The summed E-state index contributed by atoms with van der Waals surface area (Å²) < 4.78 is 1.45. The van der Waals surface area contributed by atoms with Crippen LogP contribution in [-0.4, -0.2) is 25.7 Å². The average molecular weight is 397 g/mol. The molecule has 2 aromatic heterocycles. The van der Waals surface area contributed by atoms with E-state index in [1.54, 1.807) is 24.3 Å². The molecule has 0 aliphatic heterocycles. The normalized spacial score (nSPS) is 10.6. The molecular formula is C23H15N3O4. The number of fused-ring (bicyclic) bond motifs is 1. The van der Waals surface area contributed by atoms with Crippen LogP contribution in [0, 0.1) is 11.3 Å². The summed E-state index contributed by atoms with van der Waals surface area (Å²) in [5, 5.41) is 29.1. The van der Waals surface area contributed by atoms with Crippen LogP contribution in [0.1, 0.15) is 21.6 Å². The summed E-state index contributed by atoms with van der Waals surface area (Å²) in [7, 11) is 0. The van der Waals surface area contributed by atoms with Crippen molar-refractivity contribution in [2.24, 2.45) is 0 Å². The minimum absolute atomic E-state index is 0.206. The van der Waals surface area contributed by atoms with Gasteiger partial charge in [0, 0.05) is 10.9 Å². The van der Waals surface area contributed by atoms with Gasteiger partial charge in [-0.25, -0.2) is 9.78 Å². The average Bonchev–Trinajstić information content (AvgIpc) is 2.76. The summed E-state index contributed by atoms with van der Waals surface area (Å²) >= 11 is 0. The standard InChI is InChI=1S/C23H15N3O4/c24-11-14-6-8-16(9-7-14)17-10-18-19(12-25-20(21(18)27)23(29)30)26(22(17)28)13-15-4-2-1-3-5-15/h1-10,12,27H,13H2,(H,29,30). The van der Waals surface area contributed by atoms with Crippen LogP contribution < -0.4 is 5.56 Å². The minimum Gasteiger partial charge on any atom is -0.505 e. The van der Waals surface area contributed by atoms with E-state index in [-0.39, 0.29) is 23.1 Å². The molecule has 30 heavy (non-hydrogen) atoms. The molecule has 4 rings (SSSR count). The maximum atomic E-state index is 13.3. The van der Waals surface area contributed by atoms with E-state index in [1.165, 1.54) is 16.8 Å². The number of rotatable bonds is 4. The van der Waals surface area contributed by atoms with E-state index in [1.807, 2.05) is 36.4 Å². The van der Waals surface area contributed by atoms with Crippen LogP contribution in [0.3, 0.4) is 0 Å². The van der Waals surface area contributed by atoms with Crippen LogP contribution in [-0.2, 0) is 6.54 Å².